The van der Waals surface area contributed by atoms with Crippen LogP contribution in [0.3, 0.4) is 0 Å². The largest absolute Gasteiger partial charge is 0.453 e. The quantitative estimate of drug-likeness (QED) is 0.272. The summed E-state index contributed by atoms with van der Waals surface area (Å²) in [5.74, 6) is -1.58. The van der Waals surface area contributed by atoms with Crippen LogP contribution >= 0.6 is 0 Å². The first-order chi connectivity index (χ1) is 14.3. The minimum atomic E-state index is -1.17. The molecule has 0 aliphatic carbocycles. The van der Waals surface area contributed by atoms with Crippen LogP contribution in [0.2, 0.25) is 0 Å². The van der Waals surface area contributed by atoms with Gasteiger partial charge in [-0.15, -0.1) is 0 Å². The average molecular weight is 412 g/mol. The zero-order valence-corrected chi connectivity index (χ0v) is 16.9. The number of hydrogen-bond acceptors (Lipinski definition) is 6. The van der Waals surface area contributed by atoms with Gasteiger partial charge in [-0.3, -0.25) is 24.5 Å². The molecule has 0 saturated heterocycles. The summed E-state index contributed by atoms with van der Waals surface area (Å²) in [5.41, 5.74) is 1.41. The van der Waals surface area contributed by atoms with Crippen molar-refractivity contribution in [3.63, 3.8) is 0 Å². The second kappa shape index (κ2) is 10.8. The lowest BCUT2D eigenvalue weighted by molar-refractivity contribution is -0.383. The van der Waals surface area contributed by atoms with E-state index in [1.807, 2.05) is 12.1 Å². The van der Waals surface area contributed by atoms with E-state index in [0.717, 1.165) is 18.4 Å². The number of Topliss-reactive ketones (excluding diaryl/α,β-unsaturated/α-hetero) is 1. The van der Waals surface area contributed by atoms with E-state index >= 15 is 0 Å². The van der Waals surface area contributed by atoms with Crippen LogP contribution in [-0.2, 0) is 20.7 Å². The molecule has 8 heteroatoms. The Balaban J connectivity index is 1.84. The number of ketones is 1. The molecule has 0 saturated carbocycles. The number of nitro benzene ring substituents is 1. The number of carbonyl (C=O) groups is 3. The molecule has 0 bridgehead atoms. The Morgan fingerprint density at radius 2 is 1.73 bits per heavy atom. The predicted molar refractivity (Wildman–Crippen MR) is 111 cm³/mol. The summed E-state index contributed by atoms with van der Waals surface area (Å²) in [6.45, 7) is 3.43. The molecule has 0 aromatic heterocycles. The van der Waals surface area contributed by atoms with Crippen LogP contribution in [0.1, 0.15) is 49.0 Å². The van der Waals surface area contributed by atoms with E-state index in [1.54, 1.807) is 18.2 Å². The fraction of sp³-hybridized carbons (Fsp3) is 0.318. The van der Waals surface area contributed by atoms with Crippen LogP contribution in [0.25, 0.3) is 0 Å². The normalized spacial score (nSPS) is 11.4. The van der Waals surface area contributed by atoms with E-state index in [4.69, 9.17) is 4.74 Å². The predicted octanol–water partition coefficient (Wildman–Crippen LogP) is 4.08. The molecule has 0 spiro atoms. The van der Waals surface area contributed by atoms with Crippen LogP contribution in [0.15, 0.2) is 48.5 Å². The van der Waals surface area contributed by atoms with E-state index in [2.05, 4.69) is 12.2 Å². The number of anilines is 1. The fourth-order valence-corrected chi connectivity index (χ4v) is 2.79. The van der Waals surface area contributed by atoms with Crippen LogP contribution in [0, 0.1) is 10.1 Å². The van der Waals surface area contributed by atoms with E-state index in [-0.39, 0.29) is 30.0 Å². The number of benzene rings is 2. The Morgan fingerprint density at radius 3 is 2.37 bits per heavy atom. The minimum absolute atomic E-state index is 0.0112. The molecule has 2 rings (SSSR count). The first kappa shape index (κ1) is 22.7. The molecule has 30 heavy (non-hydrogen) atoms. The second-order valence-electron chi connectivity index (χ2n) is 6.77. The summed E-state index contributed by atoms with van der Waals surface area (Å²) in [7, 11) is 0. The lowest BCUT2D eigenvalue weighted by Gasteiger charge is -2.13. The number of nitrogens with one attached hydrogen (secondary N) is 1. The van der Waals surface area contributed by atoms with Crippen molar-refractivity contribution in [3.05, 3.63) is 69.8 Å². The molecule has 0 unspecified atom stereocenters. The number of nitro groups is 1. The van der Waals surface area contributed by atoms with Gasteiger partial charge >= 0.3 is 5.97 Å². The Hall–Kier alpha value is -3.55. The number of ether oxygens (including phenoxy) is 1. The highest BCUT2D eigenvalue weighted by Crippen LogP contribution is 2.23. The summed E-state index contributed by atoms with van der Waals surface area (Å²) in [4.78, 5) is 46.8. The van der Waals surface area contributed by atoms with Gasteiger partial charge in [-0.1, -0.05) is 49.7 Å². The molecule has 1 N–H and O–H groups in total. The number of esters is 1. The zero-order chi connectivity index (χ0) is 22.1. The maximum Gasteiger partial charge on any atom is 0.307 e. The number of nitrogens with zero attached hydrogens (tertiary/aromatic N) is 1. The standard InChI is InChI=1S/C22H24N2O6/c1-3-6-16-9-11-17(12-10-16)20(25)13-14-21(26)30-15(2)22(27)23-18-7-4-5-8-19(18)24(28)29/h4-5,7-12,15H,3,6,13-14H2,1-2H3,(H,23,27)/t15-/m0/s1. The van der Waals surface area contributed by atoms with Crippen molar-refractivity contribution < 1.29 is 24.0 Å². The van der Waals surface area contributed by atoms with E-state index in [9.17, 15) is 24.5 Å². The molecule has 0 fully saturated rings. The molecule has 1 atom stereocenters. The van der Waals surface area contributed by atoms with Crippen molar-refractivity contribution in [3.8, 4) is 0 Å². The summed E-state index contributed by atoms with van der Waals surface area (Å²) < 4.78 is 5.05. The van der Waals surface area contributed by atoms with Gasteiger partial charge in [-0.25, -0.2) is 0 Å². The first-order valence-electron chi connectivity index (χ1n) is 9.67. The maximum atomic E-state index is 12.2. The molecule has 0 aliphatic rings. The van der Waals surface area contributed by atoms with E-state index in [0.29, 0.717) is 5.56 Å². The molecule has 0 heterocycles. The van der Waals surface area contributed by atoms with Crippen molar-refractivity contribution >= 4 is 29.0 Å². The Kier molecular flexibility index (Phi) is 8.22. The minimum Gasteiger partial charge on any atom is -0.453 e. The van der Waals surface area contributed by atoms with Crippen LogP contribution in [0.5, 0.6) is 0 Å². The topological polar surface area (TPSA) is 116 Å². The molecule has 2 aromatic rings. The summed E-state index contributed by atoms with van der Waals surface area (Å²) in [6, 6.07) is 12.9. The molecule has 2 aromatic carbocycles. The van der Waals surface area contributed by atoms with Gasteiger partial charge in [0, 0.05) is 18.1 Å². The summed E-state index contributed by atoms with van der Waals surface area (Å²) in [5, 5.41) is 13.4. The van der Waals surface area contributed by atoms with Crippen LogP contribution < -0.4 is 5.32 Å². The SMILES string of the molecule is CCCc1ccc(C(=O)CCC(=O)O[C@@H](C)C(=O)Nc2ccccc2[N+](=O)[O-])cc1. The Morgan fingerprint density at radius 1 is 1.07 bits per heavy atom. The van der Waals surface area contributed by atoms with Crippen molar-refractivity contribution in [1.82, 2.24) is 0 Å². The number of aryl methyl sites for hydroxylation is 1. The highest BCUT2D eigenvalue weighted by molar-refractivity contribution is 5.98. The van der Waals surface area contributed by atoms with Crippen molar-refractivity contribution in [2.45, 2.75) is 45.6 Å². The lowest BCUT2D eigenvalue weighted by Crippen LogP contribution is -2.30. The van der Waals surface area contributed by atoms with Crippen LogP contribution in [-0.4, -0.2) is 28.7 Å². The van der Waals surface area contributed by atoms with Gasteiger partial charge < -0.3 is 10.1 Å². The highest BCUT2D eigenvalue weighted by Gasteiger charge is 2.22. The van der Waals surface area contributed by atoms with Gasteiger partial charge in [0.2, 0.25) is 0 Å². The molecule has 8 nitrogen and oxygen atoms in total. The number of para-hydroxylation sites is 2. The third-order valence-electron chi connectivity index (χ3n) is 4.41. The maximum absolute atomic E-state index is 12.2. The summed E-state index contributed by atoms with van der Waals surface area (Å²) in [6.07, 6.45) is 0.583. The number of amides is 1. The second-order valence-corrected chi connectivity index (χ2v) is 6.77. The molecule has 158 valence electrons. The summed E-state index contributed by atoms with van der Waals surface area (Å²) >= 11 is 0. The lowest BCUT2D eigenvalue weighted by atomic mass is 10.0. The third-order valence-corrected chi connectivity index (χ3v) is 4.41. The number of hydrogen-bond donors (Lipinski definition) is 1. The smallest absolute Gasteiger partial charge is 0.307 e. The third kappa shape index (κ3) is 6.51. The number of rotatable bonds is 10. The van der Waals surface area contributed by atoms with Gasteiger partial charge in [-0.05, 0) is 25.0 Å². The van der Waals surface area contributed by atoms with Gasteiger partial charge in [0.1, 0.15) is 5.69 Å². The molecular weight excluding hydrogens is 388 g/mol. The highest BCUT2D eigenvalue weighted by atomic mass is 16.6. The van der Waals surface area contributed by atoms with Gasteiger partial charge in [0.25, 0.3) is 11.6 Å². The van der Waals surface area contributed by atoms with Gasteiger partial charge in [0.15, 0.2) is 11.9 Å². The monoisotopic (exact) mass is 412 g/mol. The molecular formula is C22H24N2O6. The Labute approximate surface area is 174 Å². The molecule has 0 aliphatic heterocycles. The molecule has 1 amide bonds. The first-order valence-corrected chi connectivity index (χ1v) is 9.67. The fourth-order valence-electron chi connectivity index (χ4n) is 2.79. The van der Waals surface area contributed by atoms with E-state index < -0.39 is 22.9 Å². The van der Waals surface area contributed by atoms with Crippen molar-refractivity contribution in [2.75, 3.05) is 5.32 Å². The number of carbonyl (C=O) groups excluding carboxylic acids is 3. The average Bonchev–Trinajstić information content (AvgIpc) is 2.73. The van der Waals surface area contributed by atoms with E-state index in [1.165, 1.54) is 25.1 Å². The van der Waals surface area contributed by atoms with Crippen molar-refractivity contribution in [1.29, 1.82) is 0 Å². The van der Waals surface area contributed by atoms with Crippen LogP contribution in [0.4, 0.5) is 11.4 Å². The Bertz CT molecular complexity index is 923. The van der Waals surface area contributed by atoms with Crippen molar-refractivity contribution in [2.24, 2.45) is 0 Å². The zero-order valence-electron chi connectivity index (χ0n) is 16.9. The molecule has 0 radical (unpaired) electrons. The van der Waals surface area contributed by atoms with Gasteiger partial charge in [0.05, 0.1) is 11.3 Å². The van der Waals surface area contributed by atoms with Gasteiger partial charge in [-0.2, -0.15) is 0 Å².